The van der Waals surface area contributed by atoms with E-state index in [1.54, 1.807) is 0 Å². The number of hydrogen-bond donors (Lipinski definition) is 1. The van der Waals surface area contributed by atoms with Crippen molar-refractivity contribution in [2.24, 2.45) is 11.1 Å². The van der Waals surface area contributed by atoms with Crippen LogP contribution >= 0.6 is 11.6 Å². The molecule has 1 fully saturated rings. The number of nitrogens with two attached hydrogens (primary N) is 1. The lowest BCUT2D eigenvalue weighted by Gasteiger charge is -2.53. The average molecular weight is 304 g/mol. The van der Waals surface area contributed by atoms with E-state index in [1.165, 1.54) is 0 Å². The SMILES string of the molecule is CCC1(CC)C(N)CC1Oc1ccc(Cl)c2ccccc12. The first-order chi connectivity index (χ1) is 10.1. The molecule has 2 aromatic rings. The summed E-state index contributed by atoms with van der Waals surface area (Å²) in [7, 11) is 0. The van der Waals surface area contributed by atoms with E-state index in [2.05, 4.69) is 19.9 Å². The van der Waals surface area contributed by atoms with Crippen LogP contribution in [0.3, 0.4) is 0 Å². The molecule has 0 aliphatic heterocycles. The molecule has 2 nitrogen and oxygen atoms in total. The molecular formula is C18H22ClNO. The van der Waals surface area contributed by atoms with Crippen LogP contribution in [-0.2, 0) is 0 Å². The van der Waals surface area contributed by atoms with E-state index in [9.17, 15) is 0 Å². The van der Waals surface area contributed by atoms with Gasteiger partial charge in [0, 0.05) is 33.7 Å². The van der Waals surface area contributed by atoms with Crippen LogP contribution in [0.4, 0.5) is 0 Å². The normalized spacial score (nSPS) is 23.8. The molecule has 2 unspecified atom stereocenters. The molecule has 1 saturated carbocycles. The zero-order valence-electron chi connectivity index (χ0n) is 12.6. The van der Waals surface area contributed by atoms with Crippen molar-refractivity contribution in [1.29, 1.82) is 0 Å². The zero-order chi connectivity index (χ0) is 15.0. The molecule has 0 saturated heterocycles. The number of fused-ring (bicyclic) bond motifs is 1. The highest BCUT2D eigenvalue weighted by Gasteiger charge is 2.52. The summed E-state index contributed by atoms with van der Waals surface area (Å²) in [6.45, 7) is 4.41. The van der Waals surface area contributed by atoms with Gasteiger partial charge in [-0.3, -0.25) is 0 Å². The summed E-state index contributed by atoms with van der Waals surface area (Å²) in [4.78, 5) is 0. The lowest BCUT2D eigenvalue weighted by molar-refractivity contribution is -0.0715. The van der Waals surface area contributed by atoms with Gasteiger partial charge in [0.1, 0.15) is 11.9 Å². The van der Waals surface area contributed by atoms with Crippen molar-refractivity contribution in [3.8, 4) is 5.75 Å². The van der Waals surface area contributed by atoms with E-state index < -0.39 is 0 Å². The molecule has 0 aromatic heterocycles. The molecule has 0 radical (unpaired) electrons. The van der Waals surface area contributed by atoms with Crippen molar-refractivity contribution in [2.75, 3.05) is 0 Å². The maximum atomic E-state index is 6.35. The predicted molar refractivity (Wildman–Crippen MR) is 89.0 cm³/mol. The van der Waals surface area contributed by atoms with E-state index in [-0.39, 0.29) is 17.6 Å². The first-order valence-corrected chi connectivity index (χ1v) is 8.09. The van der Waals surface area contributed by atoms with E-state index in [1.807, 2.05) is 30.3 Å². The molecule has 0 amide bonds. The highest BCUT2D eigenvalue weighted by atomic mass is 35.5. The van der Waals surface area contributed by atoms with E-state index >= 15 is 0 Å². The number of halogens is 1. The Balaban J connectivity index is 1.95. The summed E-state index contributed by atoms with van der Waals surface area (Å²) in [6.07, 6.45) is 3.24. The Bertz CT molecular complexity index is 651. The molecule has 2 atom stereocenters. The molecular weight excluding hydrogens is 282 g/mol. The molecule has 112 valence electrons. The smallest absolute Gasteiger partial charge is 0.127 e. The quantitative estimate of drug-likeness (QED) is 0.882. The van der Waals surface area contributed by atoms with Crippen LogP contribution in [0.2, 0.25) is 5.02 Å². The van der Waals surface area contributed by atoms with Crippen molar-refractivity contribution < 1.29 is 4.74 Å². The number of ether oxygens (including phenoxy) is 1. The first-order valence-electron chi connectivity index (χ1n) is 7.72. The second-order valence-corrected chi connectivity index (χ2v) is 6.39. The fourth-order valence-electron chi connectivity index (χ4n) is 3.66. The standard InChI is InChI=1S/C18H22ClNO/c1-3-18(4-2)16(20)11-17(18)21-15-10-9-14(19)12-7-5-6-8-13(12)15/h5-10,16-17H,3-4,11,20H2,1-2H3. The highest BCUT2D eigenvalue weighted by molar-refractivity contribution is 6.35. The predicted octanol–water partition coefficient (Wildman–Crippen LogP) is 4.78. The molecule has 1 aliphatic rings. The van der Waals surface area contributed by atoms with E-state index in [0.29, 0.717) is 0 Å². The lowest BCUT2D eigenvalue weighted by Crippen LogP contribution is -2.62. The average Bonchev–Trinajstić information content (AvgIpc) is 2.51. The van der Waals surface area contributed by atoms with Crippen LogP contribution in [0, 0.1) is 5.41 Å². The van der Waals surface area contributed by atoms with Gasteiger partial charge < -0.3 is 10.5 Å². The Kier molecular flexibility index (Phi) is 3.85. The van der Waals surface area contributed by atoms with Gasteiger partial charge in [0.25, 0.3) is 0 Å². The van der Waals surface area contributed by atoms with Gasteiger partial charge in [-0.05, 0) is 25.0 Å². The summed E-state index contributed by atoms with van der Waals surface area (Å²) in [6, 6.07) is 12.3. The fraction of sp³-hybridized carbons (Fsp3) is 0.444. The summed E-state index contributed by atoms with van der Waals surface area (Å²) >= 11 is 6.27. The number of hydrogen-bond acceptors (Lipinski definition) is 2. The molecule has 3 heteroatoms. The molecule has 0 spiro atoms. The molecule has 1 aliphatic carbocycles. The maximum absolute atomic E-state index is 6.35. The number of rotatable bonds is 4. The Morgan fingerprint density at radius 1 is 1.14 bits per heavy atom. The van der Waals surface area contributed by atoms with Crippen molar-refractivity contribution in [3.05, 3.63) is 41.4 Å². The van der Waals surface area contributed by atoms with Gasteiger partial charge >= 0.3 is 0 Å². The largest absolute Gasteiger partial charge is 0.489 e. The Labute approximate surface area is 131 Å². The van der Waals surface area contributed by atoms with Crippen LogP contribution in [0.15, 0.2) is 36.4 Å². The van der Waals surface area contributed by atoms with Gasteiger partial charge in [0.05, 0.1) is 0 Å². The third-order valence-corrected chi connectivity index (χ3v) is 5.59. The van der Waals surface area contributed by atoms with Gasteiger partial charge in [-0.15, -0.1) is 0 Å². The van der Waals surface area contributed by atoms with Gasteiger partial charge in [-0.1, -0.05) is 49.7 Å². The second-order valence-electron chi connectivity index (χ2n) is 5.98. The second kappa shape index (κ2) is 5.51. The maximum Gasteiger partial charge on any atom is 0.127 e. The van der Waals surface area contributed by atoms with Crippen LogP contribution in [0.5, 0.6) is 5.75 Å². The van der Waals surface area contributed by atoms with Crippen molar-refractivity contribution in [3.63, 3.8) is 0 Å². The van der Waals surface area contributed by atoms with Gasteiger partial charge in [0.2, 0.25) is 0 Å². The van der Waals surface area contributed by atoms with Crippen LogP contribution in [-0.4, -0.2) is 12.1 Å². The third kappa shape index (κ3) is 2.21. The fourth-order valence-corrected chi connectivity index (χ4v) is 3.89. The van der Waals surface area contributed by atoms with Crippen molar-refractivity contribution in [2.45, 2.75) is 45.3 Å². The zero-order valence-corrected chi connectivity index (χ0v) is 13.4. The minimum atomic E-state index is 0.112. The monoisotopic (exact) mass is 303 g/mol. The molecule has 3 rings (SSSR count). The Hall–Kier alpha value is -1.25. The first kappa shape index (κ1) is 14.7. The van der Waals surface area contributed by atoms with Crippen LogP contribution < -0.4 is 10.5 Å². The van der Waals surface area contributed by atoms with Gasteiger partial charge in [-0.25, -0.2) is 0 Å². The van der Waals surface area contributed by atoms with E-state index in [4.69, 9.17) is 22.1 Å². The van der Waals surface area contributed by atoms with E-state index in [0.717, 1.165) is 40.8 Å². The highest BCUT2D eigenvalue weighted by Crippen LogP contribution is 2.48. The minimum absolute atomic E-state index is 0.112. The summed E-state index contributed by atoms with van der Waals surface area (Å²) < 4.78 is 6.35. The van der Waals surface area contributed by atoms with Gasteiger partial charge in [0.15, 0.2) is 0 Å². The topological polar surface area (TPSA) is 35.2 Å². The van der Waals surface area contributed by atoms with Crippen LogP contribution in [0.25, 0.3) is 10.8 Å². The molecule has 2 aromatic carbocycles. The Morgan fingerprint density at radius 3 is 2.43 bits per heavy atom. The van der Waals surface area contributed by atoms with Crippen LogP contribution in [0.1, 0.15) is 33.1 Å². The van der Waals surface area contributed by atoms with Crippen molar-refractivity contribution >= 4 is 22.4 Å². The summed E-state index contributed by atoms with van der Waals surface area (Å²) in [5.74, 6) is 0.915. The Morgan fingerprint density at radius 2 is 1.81 bits per heavy atom. The lowest BCUT2D eigenvalue weighted by atomic mass is 9.59. The number of benzene rings is 2. The molecule has 0 heterocycles. The van der Waals surface area contributed by atoms with Gasteiger partial charge in [-0.2, -0.15) is 0 Å². The minimum Gasteiger partial charge on any atom is -0.489 e. The third-order valence-electron chi connectivity index (χ3n) is 5.26. The van der Waals surface area contributed by atoms with Crippen molar-refractivity contribution in [1.82, 2.24) is 0 Å². The molecule has 0 bridgehead atoms. The molecule has 2 N–H and O–H groups in total. The summed E-state index contributed by atoms with van der Waals surface area (Å²) in [5.41, 5.74) is 6.37. The molecule has 21 heavy (non-hydrogen) atoms. The summed E-state index contributed by atoms with van der Waals surface area (Å²) in [5, 5.41) is 2.88.